The molecule has 2 aromatic carbocycles. The van der Waals surface area contributed by atoms with Gasteiger partial charge in [0.05, 0.1) is 4.92 Å². The monoisotopic (exact) mass is 334 g/mol. The van der Waals surface area contributed by atoms with Gasteiger partial charge in [0.1, 0.15) is 5.56 Å². The molecule has 0 atom stereocenters. The first kappa shape index (κ1) is 14.2. The molecule has 2 rings (SSSR count). The zero-order chi connectivity index (χ0) is 14.7. The van der Waals surface area contributed by atoms with Crippen LogP contribution in [0.2, 0.25) is 0 Å². The fourth-order valence-corrected chi connectivity index (χ4v) is 2.07. The lowest BCUT2D eigenvalue weighted by Crippen LogP contribution is -2.13. The number of anilines is 1. The van der Waals surface area contributed by atoms with Gasteiger partial charge in [-0.05, 0) is 30.7 Å². The van der Waals surface area contributed by atoms with Crippen LogP contribution < -0.4 is 5.32 Å². The Labute approximate surface area is 123 Å². The predicted octanol–water partition coefficient (Wildman–Crippen LogP) is 3.92. The molecule has 1 N–H and O–H groups in total. The van der Waals surface area contributed by atoms with Crippen LogP contribution >= 0.6 is 15.9 Å². The minimum Gasteiger partial charge on any atom is -0.322 e. The summed E-state index contributed by atoms with van der Waals surface area (Å²) in [6.07, 6.45) is 0. The molecular formula is C14H11BrN2O3. The fraction of sp³-hybridized carbons (Fsp3) is 0.0714. The maximum atomic E-state index is 12.1. The molecule has 0 aromatic heterocycles. The van der Waals surface area contributed by atoms with E-state index in [0.29, 0.717) is 5.69 Å². The minimum absolute atomic E-state index is 0.0363. The highest BCUT2D eigenvalue weighted by atomic mass is 79.9. The molecule has 0 saturated carbocycles. The molecule has 6 heteroatoms. The van der Waals surface area contributed by atoms with Gasteiger partial charge in [-0.25, -0.2) is 0 Å². The molecule has 0 heterocycles. The van der Waals surface area contributed by atoms with Gasteiger partial charge in [0.15, 0.2) is 0 Å². The minimum atomic E-state index is -0.569. The van der Waals surface area contributed by atoms with Crippen molar-refractivity contribution >= 4 is 33.2 Å². The van der Waals surface area contributed by atoms with Gasteiger partial charge in [0, 0.05) is 16.2 Å². The predicted molar refractivity (Wildman–Crippen MR) is 79.9 cm³/mol. The van der Waals surface area contributed by atoms with Gasteiger partial charge in [0.25, 0.3) is 11.6 Å². The number of para-hydroxylation sites is 1. The molecule has 0 aliphatic carbocycles. The summed E-state index contributed by atoms with van der Waals surface area (Å²) in [7, 11) is 0. The van der Waals surface area contributed by atoms with Crippen molar-refractivity contribution < 1.29 is 9.72 Å². The third kappa shape index (κ3) is 3.03. The summed E-state index contributed by atoms with van der Waals surface area (Å²) in [6.45, 7) is 1.93. The zero-order valence-corrected chi connectivity index (χ0v) is 12.2. The molecule has 0 radical (unpaired) electrons. The second kappa shape index (κ2) is 5.83. The molecule has 0 aliphatic heterocycles. The molecule has 0 spiro atoms. The summed E-state index contributed by atoms with van der Waals surface area (Å²) in [4.78, 5) is 22.4. The molecule has 0 bridgehead atoms. The maximum Gasteiger partial charge on any atom is 0.282 e. The number of nitrogens with zero attached hydrogens (tertiary/aromatic N) is 1. The Kier molecular flexibility index (Phi) is 4.14. The number of nitro groups is 1. The van der Waals surface area contributed by atoms with Crippen LogP contribution in [-0.4, -0.2) is 10.8 Å². The van der Waals surface area contributed by atoms with Gasteiger partial charge >= 0.3 is 0 Å². The SMILES string of the molecule is Cc1ccc(NC(=O)c2ccccc2[N+](=O)[O-])cc1Br. The van der Waals surface area contributed by atoms with E-state index < -0.39 is 10.8 Å². The Hall–Kier alpha value is -2.21. The number of amides is 1. The standard InChI is InChI=1S/C14H11BrN2O3/c1-9-6-7-10(8-12(9)15)16-14(18)11-4-2-3-5-13(11)17(19)20/h2-8H,1H3,(H,16,18). The van der Waals surface area contributed by atoms with Crippen molar-refractivity contribution in [3.63, 3.8) is 0 Å². The Morgan fingerprint density at radius 3 is 2.60 bits per heavy atom. The topological polar surface area (TPSA) is 72.2 Å². The lowest BCUT2D eigenvalue weighted by atomic mass is 10.1. The van der Waals surface area contributed by atoms with Gasteiger partial charge in [-0.1, -0.05) is 34.1 Å². The molecule has 0 unspecified atom stereocenters. The molecule has 0 aliphatic rings. The van der Waals surface area contributed by atoms with Crippen molar-refractivity contribution in [2.45, 2.75) is 6.92 Å². The number of hydrogen-bond acceptors (Lipinski definition) is 3. The molecule has 0 fully saturated rings. The number of rotatable bonds is 3. The number of hydrogen-bond donors (Lipinski definition) is 1. The van der Waals surface area contributed by atoms with Crippen LogP contribution in [-0.2, 0) is 0 Å². The summed E-state index contributed by atoms with van der Waals surface area (Å²) >= 11 is 3.37. The van der Waals surface area contributed by atoms with E-state index in [1.165, 1.54) is 18.2 Å². The normalized spacial score (nSPS) is 10.1. The van der Waals surface area contributed by atoms with Gasteiger partial charge in [-0.15, -0.1) is 0 Å². The molecule has 102 valence electrons. The zero-order valence-electron chi connectivity index (χ0n) is 10.6. The molecule has 5 nitrogen and oxygen atoms in total. The Bertz CT molecular complexity index is 686. The quantitative estimate of drug-likeness (QED) is 0.683. The van der Waals surface area contributed by atoms with Crippen LogP contribution in [0.15, 0.2) is 46.9 Å². The van der Waals surface area contributed by atoms with E-state index in [1.54, 1.807) is 18.2 Å². The molecule has 2 aromatic rings. The number of aryl methyl sites for hydroxylation is 1. The van der Waals surface area contributed by atoms with Crippen molar-refractivity contribution in [1.29, 1.82) is 0 Å². The third-order valence-corrected chi connectivity index (χ3v) is 3.63. The van der Waals surface area contributed by atoms with Crippen molar-refractivity contribution in [2.75, 3.05) is 5.32 Å². The number of halogens is 1. The lowest BCUT2D eigenvalue weighted by molar-refractivity contribution is -0.385. The first-order valence-electron chi connectivity index (χ1n) is 5.80. The number of carbonyl (C=O) groups excluding carboxylic acids is 1. The number of nitrogens with one attached hydrogen (secondary N) is 1. The summed E-state index contributed by atoms with van der Waals surface area (Å²) in [6, 6.07) is 11.2. The van der Waals surface area contributed by atoms with Crippen LogP contribution in [0.4, 0.5) is 11.4 Å². The Balaban J connectivity index is 2.28. The second-order valence-electron chi connectivity index (χ2n) is 4.19. The van der Waals surface area contributed by atoms with Crippen molar-refractivity contribution in [1.82, 2.24) is 0 Å². The van der Waals surface area contributed by atoms with E-state index in [4.69, 9.17) is 0 Å². The average molecular weight is 335 g/mol. The van der Waals surface area contributed by atoms with Crippen LogP contribution in [0.5, 0.6) is 0 Å². The Morgan fingerprint density at radius 1 is 1.25 bits per heavy atom. The smallest absolute Gasteiger partial charge is 0.282 e. The number of carbonyl (C=O) groups is 1. The van der Waals surface area contributed by atoms with Gasteiger partial charge in [0.2, 0.25) is 0 Å². The summed E-state index contributed by atoms with van der Waals surface area (Å²) in [5.41, 5.74) is 1.43. The number of nitro benzene ring substituents is 1. The van der Waals surface area contributed by atoms with E-state index >= 15 is 0 Å². The first-order valence-corrected chi connectivity index (χ1v) is 6.59. The van der Waals surface area contributed by atoms with E-state index in [9.17, 15) is 14.9 Å². The van der Waals surface area contributed by atoms with Gasteiger partial charge in [-0.2, -0.15) is 0 Å². The van der Waals surface area contributed by atoms with Crippen LogP contribution in [0.1, 0.15) is 15.9 Å². The van der Waals surface area contributed by atoms with Crippen LogP contribution in [0.3, 0.4) is 0 Å². The first-order chi connectivity index (χ1) is 9.49. The lowest BCUT2D eigenvalue weighted by Gasteiger charge is -2.07. The Morgan fingerprint density at radius 2 is 1.95 bits per heavy atom. The van der Waals surface area contributed by atoms with E-state index in [2.05, 4.69) is 21.2 Å². The highest BCUT2D eigenvalue weighted by Gasteiger charge is 2.19. The van der Waals surface area contributed by atoms with Gasteiger partial charge in [-0.3, -0.25) is 14.9 Å². The van der Waals surface area contributed by atoms with E-state index in [0.717, 1.165) is 10.0 Å². The van der Waals surface area contributed by atoms with Crippen LogP contribution in [0, 0.1) is 17.0 Å². The summed E-state index contributed by atoms with van der Waals surface area (Å²) in [5.74, 6) is -0.506. The van der Waals surface area contributed by atoms with Crippen molar-refractivity contribution in [2.24, 2.45) is 0 Å². The molecule has 0 saturated heterocycles. The molecule has 20 heavy (non-hydrogen) atoms. The number of benzene rings is 2. The fourth-order valence-electron chi connectivity index (χ4n) is 1.69. The average Bonchev–Trinajstić information content (AvgIpc) is 2.43. The maximum absolute atomic E-state index is 12.1. The van der Waals surface area contributed by atoms with E-state index in [-0.39, 0.29) is 11.3 Å². The molecular weight excluding hydrogens is 324 g/mol. The highest BCUT2D eigenvalue weighted by molar-refractivity contribution is 9.10. The van der Waals surface area contributed by atoms with Gasteiger partial charge < -0.3 is 5.32 Å². The largest absolute Gasteiger partial charge is 0.322 e. The summed E-state index contributed by atoms with van der Waals surface area (Å²) in [5, 5.41) is 13.5. The van der Waals surface area contributed by atoms with Crippen LogP contribution in [0.25, 0.3) is 0 Å². The second-order valence-corrected chi connectivity index (χ2v) is 5.05. The highest BCUT2D eigenvalue weighted by Crippen LogP contribution is 2.23. The van der Waals surface area contributed by atoms with Crippen molar-refractivity contribution in [3.05, 3.63) is 68.2 Å². The van der Waals surface area contributed by atoms with E-state index in [1.807, 2.05) is 13.0 Å². The summed E-state index contributed by atoms with van der Waals surface area (Å²) < 4.78 is 0.859. The third-order valence-electron chi connectivity index (χ3n) is 2.78. The van der Waals surface area contributed by atoms with Crippen molar-refractivity contribution in [3.8, 4) is 0 Å². The molecule has 1 amide bonds.